The van der Waals surface area contributed by atoms with E-state index in [0.29, 0.717) is 11.6 Å². The zero-order valence-electron chi connectivity index (χ0n) is 10.9. The van der Waals surface area contributed by atoms with Crippen molar-refractivity contribution in [2.24, 2.45) is 5.73 Å². The Hall–Kier alpha value is -1.84. The highest BCUT2D eigenvalue weighted by Crippen LogP contribution is 2.35. The highest BCUT2D eigenvalue weighted by Gasteiger charge is 2.45. The third-order valence-electron chi connectivity index (χ3n) is 3.65. The van der Waals surface area contributed by atoms with Gasteiger partial charge >= 0.3 is 0 Å². The molecule has 1 aliphatic rings. The molecule has 3 nitrogen and oxygen atoms in total. The maximum Gasteiger partial charge on any atom is 0.242 e. The number of β-lactam (4-membered cyclic amide) rings is 1. The molecule has 1 heterocycles. The van der Waals surface area contributed by atoms with E-state index in [9.17, 15) is 4.79 Å². The monoisotopic (exact) mass is 286 g/mol. The first-order valence-corrected chi connectivity index (χ1v) is 6.90. The number of benzene rings is 2. The van der Waals surface area contributed by atoms with Crippen LogP contribution >= 0.6 is 11.6 Å². The molecule has 1 amide bonds. The Morgan fingerprint density at radius 1 is 1.05 bits per heavy atom. The van der Waals surface area contributed by atoms with E-state index in [2.05, 4.69) is 0 Å². The van der Waals surface area contributed by atoms with Crippen LogP contribution in [0.3, 0.4) is 0 Å². The highest BCUT2D eigenvalue weighted by molar-refractivity contribution is 6.30. The zero-order chi connectivity index (χ0) is 14.1. The third-order valence-corrected chi connectivity index (χ3v) is 3.90. The van der Waals surface area contributed by atoms with Gasteiger partial charge in [-0.15, -0.1) is 0 Å². The van der Waals surface area contributed by atoms with Crippen LogP contribution in [-0.4, -0.2) is 16.8 Å². The molecule has 0 saturated carbocycles. The lowest BCUT2D eigenvalue weighted by Crippen LogP contribution is -2.62. The predicted octanol–water partition coefficient (Wildman–Crippen LogP) is 2.75. The quantitative estimate of drug-likeness (QED) is 0.882. The van der Waals surface area contributed by atoms with Crippen LogP contribution in [0.5, 0.6) is 0 Å². The van der Waals surface area contributed by atoms with Gasteiger partial charge in [0, 0.05) is 11.6 Å². The molecule has 3 rings (SSSR count). The summed E-state index contributed by atoms with van der Waals surface area (Å²) in [5, 5.41) is 0.683. The number of halogens is 1. The number of carbonyl (C=O) groups is 1. The summed E-state index contributed by atoms with van der Waals surface area (Å²) < 4.78 is 0. The summed E-state index contributed by atoms with van der Waals surface area (Å²) in [6.45, 7) is 0.584. The van der Waals surface area contributed by atoms with Crippen molar-refractivity contribution in [2.75, 3.05) is 0 Å². The number of rotatable bonds is 3. The molecule has 0 bridgehead atoms. The minimum absolute atomic E-state index is 0.00574. The smallest absolute Gasteiger partial charge is 0.242 e. The number of likely N-dealkylation sites (tertiary alicyclic amines) is 1. The zero-order valence-corrected chi connectivity index (χ0v) is 11.6. The standard InChI is InChI=1S/C16H15ClN2O/c17-13-8-6-12(7-9-13)15-14(18)16(20)19(15)10-11-4-2-1-3-5-11/h1-9,14-15H,10,18H2/t14-,15+/m0/s1. The summed E-state index contributed by atoms with van der Waals surface area (Å²) in [4.78, 5) is 13.8. The van der Waals surface area contributed by atoms with Crippen molar-refractivity contribution in [1.82, 2.24) is 4.90 Å². The summed E-state index contributed by atoms with van der Waals surface area (Å²) >= 11 is 5.90. The topological polar surface area (TPSA) is 46.3 Å². The summed E-state index contributed by atoms with van der Waals surface area (Å²) in [6.07, 6.45) is 0. The lowest BCUT2D eigenvalue weighted by Gasteiger charge is -2.45. The van der Waals surface area contributed by atoms with E-state index in [1.54, 1.807) is 0 Å². The minimum atomic E-state index is -0.458. The van der Waals surface area contributed by atoms with Crippen LogP contribution in [0.4, 0.5) is 0 Å². The molecule has 0 spiro atoms. The molecule has 1 aliphatic heterocycles. The van der Waals surface area contributed by atoms with E-state index < -0.39 is 6.04 Å². The fraction of sp³-hybridized carbons (Fsp3) is 0.188. The molecule has 2 atom stereocenters. The summed E-state index contributed by atoms with van der Waals surface area (Å²) in [5.74, 6) is -0.00574. The number of nitrogens with zero attached hydrogens (tertiary/aromatic N) is 1. The van der Waals surface area contributed by atoms with Crippen molar-refractivity contribution in [3.8, 4) is 0 Å². The molecule has 1 fully saturated rings. The molecule has 1 saturated heterocycles. The van der Waals surface area contributed by atoms with E-state index in [4.69, 9.17) is 17.3 Å². The lowest BCUT2D eigenvalue weighted by atomic mass is 9.88. The van der Waals surface area contributed by atoms with Crippen molar-refractivity contribution in [1.29, 1.82) is 0 Å². The maximum atomic E-state index is 12.0. The third kappa shape index (κ3) is 2.30. The van der Waals surface area contributed by atoms with Gasteiger partial charge in [0.2, 0.25) is 5.91 Å². The van der Waals surface area contributed by atoms with Gasteiger partial charge < -0.3 is 10.6 Å². The summed E-state index contributed by atoms with van der Waals surface area (Å²) in [5.41, 5.74) is 8.09. The minimum Gasteiger partial charge on any atom is -0.328 e. The molecule has 4 heteroatoms. The average molecular weight is 287 g/mol. The van der Waals surface area contributed by atoms with Gasteiger partial charge in [0.05, 0.1) is 6.04 Å². The van der Waals surface area contributed by atoms with Crippen molar-refractivity contribution >= 4 is 17.5 Å². The van der Waals surface area contributed by atoms with Gasteiger partial charge in [-0.05, 0) is 23.3 Å². The second kappa shape index (κ2) is 5.27. The Kier molecular flexibility index (Phi) is 3.47. The largest absolute Gasteiger partial charge is 0.328 e. The van der Waals surface area contributed by atoms with Crippen LogP contribution in [0, 0.1) is 0 Å². The number of hydrogen-bond acceptors (Lipinski definition) is 2. The van der Waals surface area contributed by atoms with Gasteiger partial charge in [-0.2, -0.15) is 0 Å². The molecular formula is C16H15ClN2O. The molecule has 2 N–H and O–H groups in total. The molecule has 0 radical (unpaired) electrons. The summed E-state index contributed by atoms with van der Waals surface area (Å²) in [6, 6.07) is 16.9. The number of hydrogen-bond donors (Lipinski definition) is 1. The lowest BCUT2D eigenvalue weighted by molar-refractivity contribution is -0.150. The highest BCUT2D eigenvalue weighted by atomic mass is 35.5. The van der Waals surface area contributed by atoms with Crippen LogP contribution in [0.1, 0.15) is 17.2 Å². The van der Waals surface area contributed by atoms with Gasteiger partial charge in [-0.3, -0.25) is 4.79 Å². The molecule has 0 aromatic heterocycles. The second-order valence-electron chi connectivity index (χ2n) is 4.97. The Bertz CT molecular complexity index is 612. The number of nitrogens with two attached hydrogens (primary N) is 1. The number of amides is 1. The van der Waals surface area contributed by atoms with E-state index in [1.165, 1.54) is 0 Å². The molecule has 2 aromatic rings. The molecule has 20 heavy (non-hydrogen) atoms. The van der Waals surface area contributed by atoms with Crippen LogP contribution < -0.4 is 5.73 Å². The van der Waals surface area contributed by atoms with E-state index >= 15 is 0 Å². The predicted molar refractivity (Wildman–Crippen MR) is 79.2 cm³/mol. The SMILES string of the molecule is N[C@@H]1C(=O)N(Cc2ccccc2)[C@@H]1c1ccc(Cl)cc1. The van der Waals surface area contributed by atoms with Gasteiger partial charge in [0.25, 0.3) is 0 Å². The normalized spacial score (nSPS) is 21.7. The van der Waals surface area contributed by atoms with E-state index in [0.717, 1.165) is 11.1 Å². The molecule has 2 aromatic carbocycles. The average Bonchev–Trinajstić information content (AvgIpc) is 2.49. The Morgan fingerprint density at radius 3 is 2.35 bits per heavy atom. The van der Waals surface area contributed by atoms with Crippen LogP contribution in [0.25, 0.3) is 0 Å². The fourth-order valence-corrected chi connectivity index (χ4v) is 2.70. The first-order chi connectivity index (χ1) is 9.66. The second-order valence-corrected chi connectivity index (χ2v) is 5.41. The van der Waals surface area contributed by atoms with Crippen LogP contribution in [0.2, 0.25) is 5.02 Å². The molecule has 0 aliphatic carbocycles. The van der Waals surface area contributed by atoms with Crippen molar-refractivity contribution in [3.63, 3.8) is 0 Å². The summed E-state index contributed by atoms with van der Waals surface area (Å²) in [7, 11) is 0. The molecule has 0 unspecified atom stereocenters. The van der Waals surface area contributed by atoms with Crippen molar-refractivity contribution in [2.45, 2.75) is 18.6 Å². The van der Waals surface area contributed by atoms with Crippen LogP contribution in [0.15, 0.2) is 54.6 Å². The van der Waals surface area contributed by atoms with Crippen molar-refractivity contribution in [3.05, 3.63) is 70.7 Å². The van der Waals surface area contributed by atoms with Gasteiger partial charge in [0.15, 0.2) is 0 Å². The van der Waals surface area contributed by atoms with Gasteiger partial charge in [-0.25, -0.2) is 0 Å². The molecule has 102 valence electrons. The Balaban J connectivity index is 1.82. The first-order valence-electron chi connectivity index (χ1n) is 6.52. The Labute approximate surface area is 123 Å². The van der Waals surface area contributed by atoms with Crippen LogP contribution in [-0.2, 0) is 11.3 Å². The van der Waals surface area contributed by atoms with E-state index in [1.807, 2.05) is 59.5 Å². The van der Waals surface area contributed by atoms with Crippen molar-refractivity contribution < 1.29 is 4.79 Å². The van der Waals surface area contributed by atoms with Gasteiger partial charge in [0.1, 0.15) is 6.04 Å². The molecular weight excluding hydrogens is 272 g/mol. The fourth-order valence-electron chi connectivity index (χ4n) is 2.58. The number of carbonyl (C=O) groups excluding carboxylic acids is 1. The Morgan fingerprint density at radius 2 is 1.70 bits per heavy atom. The van der Waals surface area contributed by atoms with Gasteiger partial charge in [-0.1, -0.05) is 54.1 Å². The van der Waals surface area contributed by atoms with E-state index in [-0.39, 0.29) is 11.9 Å². The maximum absolute atomic E-state index is 12.0. The first kappa shape index (κ1) is 13.2.